The van der Waals surface area contributed by atoms with Crippen LogP contribution >= 0.6 is 0 Å². The summed E-state index contributed by atoms with van der Waals surface area (Å²) < 4.78 is 5.68. The van der Waals surface area contributed by atoms with Gasteiger partial charge >= 0.3 is 0 Å². The third-order valence-corrected chi connectivity index (χ3v) is 4.48. The molecule has 0 spiro atoms. The minimum Gasteiger partial charge on any atom is -0.493 e. The van der Waals surface area contributed by atoms with Gasteiger partial charge in [0.05, 0.1) is 6.61 Å². The van der Waals surface area contributed by atoms with Crippen molar-refractivity contribution in [1.29, 1.82) is 0 Å². The van der Waals surface area contributed by atoms with Gasteiger partial charge in [-0.05, 0) is 68.3 Å². The average Bonchev–Trinajstić information content (AvgIpc) is 2.60. The minimum absolute atomic E-state index is 0.186. The molecule has 1 aromatic carbocycles. The van der Waals surface area contributed by atoms with E-state index in [0.717, 1.165) is 44.2 Å². The van der Waals surface area contributed by atoms with Gasteiger partial charge in [0.25, 0.3) is 0 Å². The number of hydrogen-bond acceptors (Lipinski definition) is 3. The van der Waals surface area contributed by atoms with Crippen molar-refractivity contribution < 1.29 is 9.53 Å². The summed E-state index contributed by atoms with van der Waals surface area (Å²) in [5, 5.41) is 6.40. The molecule has 1 amide bonds. The molecule has 0 radical (unpaired) electrons. The molecule has 1 aliphatic rings. The van der Waals surface area contributed by atoms with Crippen LogP contribution in [-0.2, 0) is 11.2 Å². The number of carbonyl (C=O) groups is 1. The van der Waals surface area contributed by atoms with Crippen LogP contribution in [0.15, 0.2) is 24.3 Å². The summed E-state index contributed by atoms with van der Waals surface area (Å²) >= 11 is 0. The zero-order chi connectivity index (χ0) is 17.2. The molecule has 1 aliphatic heterocycles. The molecule has 1 heterocycles. The summed E-state index contributed by atoms with van der Waals surface area (Å²) in [5.41, 5.74) is 1.23. The molecule has 0 saturated carbocycles. The first-order valence-electron chi connectivity index (χ1n) is 9.32. The van der Waals surface area contributed by atoms with E-state index in [1.807, 2.05) is 12.1 Å². The molecule has 2 rings (SSSR count). The van der Waals surface area contributed by atoms with Crippen LogP contribution in [0.2, 0.25) is 0 Å². The van der Waals surface area contributed by atoms with Gasteiger partial charge in [-0.15, -0.1) is 0 Å². The zero-order valence-electron chi connectivity index (χ0n) is 15.1. The predicted molar refractivity (Wildman–Crippen MR) is 98.3 cm³/mol. The Morgan fingerprint density at radius 1 is 1.25 bits per heavy atom. The Kier molecular flexibility index (Phi) is 8.10. The molecule has 4 nitrogen and oxygen atoms in total. The van der Waals surface area contributed by atoms with Crippen LogP contribution in [0.3, 0.4) is 0 Å². The van der Waals surface area contributed by atoms with E-state index < -0.39 is 0 Å². The van der Waals surface area contributed by atoms with Gasteiger partial charge in [-0.25, -0.2) is 0 Å². The van der Waals surface area contributed by atoms with Crippen LogP contribution in [0.25, 0.3) is 0 Å². The molecule has 0 unspecified atom stereocenters. The quantitative estimate of drug-likeness (QED) is 0.730. The van der Waals surface area contributed by atoms with Crippen molar-refractivity contribution >= 4 is 5.91 Å². The number of piperidine rings is 1. The van der Waals surface area contributed by atoms with E-state index in [2.05, 4.69) is 36.6 Å². The summed E-state index contributed by atoms with van der Waals surface area (Å²) in [6, 6.07) is 8.18. The summed E-state index contributed by atoms with van der Waals surface area (Å²) in [6.45, 7) is 7.93. The molecular formula is C20H32N2O2. The number of rotatable bonds is 9. The Morgan fingerprint density at radius 3 is 2.62 bits per heavy atom. The smallest absolute Gasteiger partial charge is 0.220 e. The summed E-state index contributed by atoms with van der Waals surface area (Å²) in [5.74, 6) is 2.35. The molecule has 1 saturated heterocycles. The van der Waals surface area contributed by atoms with Gasteiger partial charge in [-0.1, -0.05) is 26.0 Å². The molecule has 0 aliphatic carbocycles. The number of amides is 1. The van der Waals surface area contributed by atoms with Crippen LogP contribution in [0, 0.1) is 11.8 Å². The highest BCUT2D eigenvalue weighted by Crippen LogP contribution is 2.17. The Balaban J connectivity index is 1.59. The van der Waals surface area contributed by atoms with Crippen molar-refractivity contribution in [3.05, 3.63) is 29.8 Å². The summed E-state index contributed by atoms with van der Waals surface area (Å²) in [7, 11) is 0. The van der Waals surface area contributed by atoms with Crippen molar-refractivity contribution in [2.45, 2.75) is 46.0 Å². The van der Waals surface area contributed by atoms with E-state index >= 15 is 0 Å². The van der Waals surface area contributed by atoms with Gasteiger partial charge in [-0.2, -0.15) is 0 Å². The highest BCUT2D eigenvalue weighted by Gasteiger charge is 2.14. The van der Waals surface area contributed by atoms with E-state index in [9.17, 15) is 4.79 Å². The van der Waals surface area contributed by atoms with Crippen molar-refractivity contribution in [3.8, 4) is 5.75 Å². The fourth-order valence-corrected chi connectivity index (χ4v) is 2.96. The lowest BCUT2D eigenvalue weighted by atomic mass is 9.93. The molecule has 0 atom stereocenters. The van der Waals surface area contributed by atoms with Gasteiger partial charge in [0, 0.05) is 13.0 Å². The van der Waals surface area contributed by atoms with E-state index in [-0.39, 0.29) is 5.91 Å². The number of hydrogen-bond donors (Lipinski definition) is 2. The first-order valence-corrected chi connectivity index (χ1v) is 9.32. The van der Waals surface area contributed by atoms with E-state index in [1.165, 1.54) is 18.4 Å². The van der Waals surface area contributed by atoms with Gasteiger partial charge in [0.15, 0.2) is 0 Å². The maximum Gasteiger partial charge on any atom is 0.220 e. The van der Waals surface area contributed by atoms with Crippen molar-refractivity contribution in [3.63, 3.8) is 0 Å². The predicted octanol–water partition coefficient (Wildman–Crippen LogP) is 3.16. The maximum atomic E-state index is 11.9. The molecule has 0 bridgehead atoms. The topological polar surface area (TPSA) is 50.4 Å². The average molecular weight is 332 g/mol. The SMILES string of the molecule is CC(C)COc1ccc(CCNC(=O)CCC2CCNCC2)cc1. The van der Waals surface area contributed by atoms with Crippen LogP contribution in [-0.4, -0.2) is 32.1 Å². The van der Waals surface area contributed by atoms with Gasteiger partial charge in [0.1, 0.15) is 5.75 Å². The zero-order valence-corrected chi connectivity index (χ0v) is 15.1. The Labute approximate surface area is 146 Å². The molecular weight excluding hydrogens is 300 g/mol. The maximum absolute atomic E-state index is 11.9. The van der Waals surface area contributed by atoms with Gasteiger partial charge in [0.2, 0.25) is 5.91 Å². The van der Waals surface area contributed by atoms with E-state index in [0.29, 0.717) is 18.9 Å². The van der Waals surface area contributed by atoms with Crippen molar-refractivity contribution in [1.82, 2.24) is 10.6 Å². The van der Waals surface area contributed by atoms with Gasteiger partial charge < -0.3 is 15.4 Å². The van der Waals surface area contributed by atoms with Crippen molar-refractivity contribution in [2.75, 3.05) is 26.2 Å². The van der Waals surface area contributed by atoms with Crippen LogP contribution < -0.4 is 15.4 Å². The number of carbonyl (C=O) groups excluding carboxylic acids is 1. The Morgan fingerprint density at radius 2 is 1.96 bits per heavy atom. The molecule has 134 valence electrons. The fraction of sp³-hybridized carbons (Fsp3) is 0.650. The van der Waals surface area contributed by atoms with E-state index in [1.54, 1.807) is 0 Å². The number of benzene rings is 1. The number of nitrogens with one attached hydrogen (secondary N) is 2. The third-order valence-electron chi connectivity index (χ3n) is 4.48. The molecule has 24 heavy (non-hydrogen) atoms. The summed E-state index contributed by atoms with van der Waals surface area (Å²) in [4.78, 5) is 11.9. The first-order chi connectivity index (χ1) is 11.6. The monoisotopic (exact) mass is 332 g/mol. The summed E-state index contributed by atoms with van der Waals surface area (Å²) in [6.07, 6.45) is 4.96. The Hall–Kier alpha value is -1.55. The lowest BCUT2D eigenvalue weighted by Crippen LogP contribution is -2.30. The minimum atomic E-state index is 0.186. The normalized spacial score (nSPS) is 15.5. The van der Waals surface area contributed by atoms with E-state index in [4.69, 9.17) is 4.74 Å². The highest BCUT2D eigenvalue weighted by molar-refractivity contribution is 5.75. The van der Waals surface area contributed by atoms with Gasteiger partial charge in [-0.3, -0.25) is 4.79 Å². The standard InChI is InChI=1S/C20H32N2O2/c1-16(2)15-24-19-6-3-17(4-7-19)11-14-22-20(23)8-5-18-9-12-21-13-10-18/h3-4,6-7,16,18,21H,5,8-15H2,1-2H3,(H,22,23). The van der Waals surface area contributed by atoms with Crippen LogP contribution in [0.5, 0.6) is 5.75 Å². The van der Waals surface area contributed by atoms with Crippen LogP contribution in [0.4, 0.5) is 0 Å². The third kappa shape index (κ3) is 7.35. The molecule has 2 N–H and O–H groups in total. The fourth-order valence-electron chi connectivity index (χ4n) is 2.96. The van der Waals surface area contributed by atoms with Crippen LogP contribution in [0.1, 0.15) is 45.1 Å². The van der Waals surface area contributed by atoms with Crippen molar-refractivity contribution in [2.24, 2.45) is 11.8 Å². The second-order valence-electron chi connectivity index (χ2n) is 7.18. The number of ether oxygens (including phenoxy) is 1. The first kappa shape index (κ1) is 18.8. The highest BCUT2D eigenvalue weighted by atomic mass is 16.5. The second kappa shape index (κ2) is 10.3. The molecule has 1 fully saturated rings. The lowest BCUT2D eigenvalue weighted by Gasteiger charge is -2.22. The Bertz CT molecular complexity index is 479. The second-order valence-corrected chi connectivity index (χ2v) is 7.18. The molecule has 0 aromatic heterocycles. The largest absolute Gasteiger partial charge is 0.493 e. The molecule has 4 heteroatoms. The lowest BCUT2D eigenvalue weighted by molar-refractivity contribution is -0.121. The molecule has 1 aromatic rings.